The van der Waals surface area contributed by atoms with Gasteiger partial charge in [0.05, 0.1) is 11.9 Å². The maximum absolute atomic E-state index is 12.3. The number of pyridine rings is 1. The maximum atomic E-state index is 12.3. The van der Waals surface area contributed by atoms with Crippen LogP contribution in [0, 0.1) is 0 Å². The molecule has 4 heteroatoms. The first-order valence-electron chi connectivity index (χ1n) is 9.33. The van der Waals surface area contributed by atoms with Gasteiger partial charge in [0.2, 0.25) is 0 Å². The van der Waals surface area contributed by atoms with E-state index in [-0.39, 0.29) is 5.91 Å². The van der Waals surface area contributed by atoms with E-state index in [2.05, 4.69) is 46.4 Å². The van der Waals surface area contributed by atoms with Gasteiger partial charge >= 0.3 is 0 Å². The monoisotopic (exact) mass is 359 g/mol. The molecule has 1 amide bonds. The summed E-state index contributed by atoms with van der Waals surface area (Å²) in [4.78, 5) is 18.9. The van der Waals surface area contributed by atoms with Crippen LogP contribution in [0.1, 0.15) is 28.5 Å². The van der Waals surface area contributed by atoms with Crippen molar-refractivity contribution in [3.05, 3.63) is 95.8 Å². The Kier molecular flexibility index (Phi) is 6.58. The highest BCUT2D eigenvalue weighted by Crippen LogP contribution is 2.16. The molecule has 138 valence electrons. The number of rotatable bonds is 8. The average molecular weight is 359 g/mol. The van der Waals surface area contributed by atoms with E-state index in [9.17, 15) is 4.79 Å². The van der Waals surface area contributed by atoms with Crippen LogP contribution in [0.3, 0.4) is 0 Å². The third-order valence-electron chi connectivity index (χ3n) is 4.49. The molecule has 0 aliphatic carbocycles. The lowest BCUT2D eigenvalue weighted by atomic mass is 10.1. The molecule has 0 spiro atoms. The molecule has 1 heterocycles. The molecule has 0 atom stereocenters. The summed E-state index contributed by atoms with van der Waals surface area (Å²) in [6, 6.07) is 24.2. The molecule has 0 unspecified atom stereocenters. The highest BCUT2D eigenvalue weighted by molar-refractivity contribution is 5.92. The van der Waals surface area contributed by atoms with Crippen molar-refractivity contribution in [3.63, 3.8) is 0 Å². The molecule has 1 N–H and O–H groups in total. The number of hydrogen-bond donors (Lipinski definition) is 1. The van der Waals surface area contributed by atoms with E-state index in [0.717, 1.165) is 25.2 Å². The molecular formula is C23H25N3O. The van der Waals surface area contributed by atoms with Crippen LogP contribution in [-0.4, -0.2) is 24.0 Å². The highest BCUT2D eigenvalue weighted by Gasteiger charge is 2.10. The summed E-state index contributed by atoms with van der Waals surface area (Å²) in [6.07, 6.45) is 2.59. The molecule has 0 saturated heterocycles. The molecule has 2 aromatic carbocycles. The third kappa shape index (κ3) is 5.42. The standard InChI is InChI=1S/C23H25N3O/c1-2-26(18-20-11-7-4-8-12-20)21-13-14-22(25-17-21)23(27)24-16-15-19-9-5-3-6-10-19/h3-14,17H,2,15-16,18H2,1H3,(H,24,27). The van der Waals surface area contributed by atoms with Gasteiger partial charge in [0.15, 0.2) is 0 Å². The van der Waals surface area contributed by atoms with Gasteiger partial charge in [-0.2, -0.15) is 0 Å². The van der Waals surface area contributed by atoms with Gasteiger partial charge in [0, 0.05) is 19.6 Å². The fourth-order valence-electron chi connectivity index (χ4n) is 2.95. The predicted molar refractivity (Wildman–Crippen MR) is 110 cm³/mol. The number of carbonyl (C=O) groups excluding carboxylic acids is 1. The molecule has 3 aromatic rings. The third-order valence-corrected chi connectivity index (χ3v) is 4.49. The molecule has 1 aromatic heterocycles. The summed E-state index contributed by atoms with van der Waals surface area (Å²) in [5.74, 6) is -0.136. The zero-order valence-electron chi connectivity index (χ0n) is 15.6. The molecule has 0 bridgehead atoms. The van der Waals surface area contributed by atoms with Crippen molar-refractivity contribution in [1.82, 2.24) is 10.3 Å². The highest BCUT2D eigenvalue weighted by atomic mass is 16.1. The van der Waals surface area contributed by atoms with Gasteiger partial charge in [-0.1, -0.05) is 60.7 Å². The fourth-order valence-corrected chi connectivity index (χ4v) is 2.95. The van der Waals surface area contributed by atoms with Crippen LogP contribution >= 0.6 is 0 Å². The number of carbonyl (C=O) groups is 1. The van der Waals surface area contributed by atoms with Gasteiger partial charge in [-0.15, -0.1) is 0 Å². The van der Waals surface area contributed by atoms with E-state index in [0.29, 0.717) is 12.2 Å². The summed E-state index contributed by atoms with van der Waals surface area (Å²) in [7, 11) is 0. The lowest BCUT2D eigenvalue weighted by molar-refractivity contribution is 0.0949. The normalized spacial score (nSPS) is 10.4. The van der Waals surface area contributed by atoms with E-state index in [1.807, 2.05) is 42.5 Å². The predicted octanol–water partition coefficient (Wildman–Crippen LogP) is 4.08. The number of benzene rings is 2. The second-order valence-electron chi connectivity index (χ2n) is 6.39. The van der Waals surface area contributed by atoms with Gasteiger partial charge in [-0.25, -0.2) is 4.98 Å². The van der Waals surface area contributed by atoms with Gasteiger partial charge in [-0.05, 0) is 36.6 Å². The summed E-state index contributed by atoms with van der Waals surface area (Å²) in [5, 5.41) is 2.93. The maximum Gasteiger partial charge on any atom is 0.269 e. The molecule has 4 nitrogen and oxygen atoms in total. The van der Waals surface area contributed by atoms with E-state index < -0.39 is 0 Å². The largest absolute Gasteiger partial charge is 0.366 e. The van der Waals surface area contributed by atoms with Gasteiger partial charge in [0.25, 0.3) is 5.91 Å². The van der Waals surface area contributed by atoms with Crippen LogP contribution in [0.25, 0.3) is 0 Å². The molecule has 0 aliphatic rings. The van der Waals surface area contributed by atoms with E-state index in [4.69, 9.17) is 0 Å². The Morgan fingerprint density at radius 3 is 2.19 bits per heavy atom. The Hall–Kier alpha value is -3.14. The van der Waals surface area contributed by atoms with Crippen LogP contribution in [-0.2, 0) is 13.0 Å². The van der Waals surface area contributed by atoms with Crippen LogP contribution in [0.5, 0.6) is 0 Å². The van der Waals surface area contributed by atoms with Crippen LogP contribution in [0.2, 0.25) is 0 Å². The smallest absolute Gasteiger partial charge is 0.269 e. The second kappa shape index (κ2) is 9.53. The number of nitrogens with zero attached hydrogens (tertiary/aromatic N) is 2. The molecule has 0 saturated carbocycles. The Bertz CT molecular complexity index is 833. The summed E-state index contributed by atoms with van der Waals surface area (Å²) < 4.78 is 0. The van der Waals surface area contributed by atoms with Gasteiger partial charge in [0.1, 0.15) is 5.69 Å². The SMILES string of the molecule is CCN(Cc1ccccc1)c1ccc(C(=O)NCCc2ccccc2)nc1. The van der Waals surface area contributed by atoms with Crippen molar-refractivity contribution in [2.24, 2.45) is 0 Å². The Morgan fingerprint density at radius 2 is 1.59 bits per heavy atom. The van der Waals surface area contributed by atoms with Gasteiger partial charge in [-0.3, -0.25) is 4.79 Å². The van der Waals surface area contributed by atoms with Crippen molar-refractivity contribution >= 4 is 11.6 Å². The van der Waals surface area contributed by atoms with Crippen molar-refractivity contribution in [3.8, 4) is 0 Å². The number of anilines is 1. The summed E-state index contributed by atoms with van der Waals surface area (Å²) in [6.45, 7) is 4.41. The Morgan fingerprint density at radius 1 is 0.926 bits per heavy atom. The van der Waals surface area contributed by atoms with E-state index in [1.165, 1.54) is 11.1 Å². The first-order valence-corrected chi connectivity index (χ1v) is 9.33. The minimum Gasteiger partial charge on any atom is -0.366 e. The zero-order valence-corrected chi connectivity index (χ0v) is 15.6. The topological polar surface area (TPSA) is 45.2 Å². The van der Waals surface area contributed by atoms with Crippen molar-refractivity contribution in [2.45, 2.75) is 19.9 Å². The molecule has 0 radical (unpaired) electrons. The molecule has 0 aliphatic heterocycles. The molecular weight excluding hydrogens is 334 g/mol. The van der Waals surface area contributed by atoms with Crippen LogP contribution < -0.4 is 10.2 Å². The number of hydrogen-bond acceptors (Lipinski definition) is 3. The first-order chi connectivity index (χ1) is 13.3. The summed E-state index contributed by atoms with van der Waals surface area (Å²) in [5.41, 5.74) is 3.92. The quantitative estimate of drug-likeness (QED) is 0.659. The summed E-state index contributed by atoms with van der Waals surface area (Å²) >= 11 is 0. The fraction of sp³-hybridized carbons (Fsp3) is 0.217. The molecule has 27 heavy (non-hydrogen) atoms. The lowest BCUT2D eigenvalue weighted by Gasteiger charge is -2.23. The first kappa shape index (κ1) is 18.6. The van der Waals surface area contributed by atoms with Crippen LogP contribution in [0.4, 0.5) is 5.69 Å². The van der Waals surface area contributed by atoms with E-state index >= 15 is 0 Å². The number of aromatic nitrogens is 1. The average Bonchev–Trinajstić information content (AvgIpc) is 2.73. The zero-order chi connectivity index (χ0) is 18.9. The minimum absolute atomic E-state index is 0.136. The van der Waals surface area contributed by atoms with E-state index in [1.54, 1.807) is 12.3 Å². The van der Waals surface area contributed by atoms with Crippen molar-refractivity contribution in [1.29, 1.82) is 0 Å². The van der Waals surface area contributed by atoms with Crippen LogP contribution in [0.15, 0.2) is 79.0 Å². The molecule has 3 rings (SSSR count). The van der Waals surface area contributed by atoms with Crippen molar-refractivity contribution < 1.29 is 4.79 Å². The minimum atomic E-state index is -0.136. The number of nitrogens with one attached hydrogen (secondary N) is 1. The Balaban J connectivity index is 1.56. The second-order valence-corrected chi connectivity index (χ2v) is 6.39. The molecule has 0 fully saturated rings. The lowest BCUT2D eigenvalue weighted by Crippen LogP contribution is -2.27. The van der Waals surface area contributed by atoms with Crippen molar-refractivity contribution in [2.75, 3.05) is 18.0 Å². The number of amides is 1. The van der Waals surface area contributed by atoms with Gasteiger partial charge < -0.3 is 10.2 Å². The Labute approximate surface area is 160 Å².